The molecule has 0 fully saturated rings. The first-order valence-electron chi connectivity index (χ1n) is 7.89. The van der Waals surface area contributed by atoms with E-state index >= 15 is 0 Å². The highest BCUT2D eigenvalue weighted by Gasteiger charge is 2.23. The van der Waals surface area contributed by atoms with Gasteiger partial charge < -0.3 is 5.32 Å². The fourth-order valence-electron chi connectivity index (χ4n) is 2.33. The standard InChI is InChI=1S/C18H14Cl2N4O2S/c19-14-7-6-13(8-15(14)20)24(18(26)16-11-27-23-22-16)10-17(25)21-9-12-4-2-1-3-5-12/h1-8,11H,9-10H2,(H,21,25). The highest BCUT2D eigenvalue weighted by molar-refractivity contribution is 7.03. The van der Waals surface area contributed by atoms with Gasteiger partial charge in [0.15, 0.2) is 5.69 Å². The van der Waals surface area contributed by atoms with Crippen LogP contribution in [0.1, 0.15) is 16.1 Å². The number of benzene rings is 2. The van der Waals surface area contributed by atoms with Crippen molar-refractivity contribution < 1.29 is 9.59 Å². The normalized spacial score (nSPS) is 10.4. The highest BCUT2D eigenvalue weighted by Crippen LogP contribution is 2.28. The van der Waals surface area contributed by atoms with Gasteiger partial charge in [-0.2, -0.15) is 0 Å². The first-order valence-corrected chi connectivity index (χ1v) is 9.48. The lowest BCUT2D eigenvalue weighted by Gasteiger charge is -2.22. The van der Waals surface area contributed by atoms with Gasteiger partial charge in [-0.25, -0.2) is 0 Å². The topological polar surface area (TPSA) is 75.2 Å². The summed E-state index contributed by atoms with van der Waals surface area (Å²) in [6.45, 7) is 0.169. The second kappa shape index (κ2) is 8.94. The first-order chi connectivity index (χ1) is 13.0. The monoisotopic (exact) mass is 420 g/mol. The van der Waals surface area contributed by atoms with E-state index in [1.807, 2.05) is 30.3 Å². The number of carbonyl (C=O) groups excluding carboxylic acids is 2. The third-order valence-electron chi connectivity index (χ3n) is 3.67. The van der Waals surface area contributed by atoms with Gasteiger partial charge in [0, 0.05) is 17.6 Å². The number of hydrogen-bond acceptors (Lipinski definition) is 5. The zero-order valence-electron chi connectivity index (χ0n) is 13.9. The minimum Gasteiger partial charge on any atom is -0.350 e. The van der Waals surface area contributed by atoms with Crippen LogP contribution in [0.5, 0.6) is 0 Å². The van der Waals surface area contributed by atoms with Crippen molar-refractivity contribution in [2.45, 2.75) is 6.54 Å². The minimum absolute atomic E-state index is 0.155. The summed E-state index contributed by atoms with van der Waals surface area (Å²) >= 11 is 13.1. The molecule has 0 aliphatic carbocycles. The number of amides is 2. The number of carbonyl (C=O) groups is 2. The molecule has 2 amide bonds. The Hall–Kier alpha value is -2.48. The number of halogens is 2. The molecule has 27 heavy (non-hydrogen) atoms. The number of rotatable bonds is 6. The molecule has 9 heteroatoms. The fraction of sp³-hybridized carbons (Fsp3) is 0.111. The molecule has 138 valence electrons. The Morgan fingerprint density at radius 1 is 1.07 bits per heavy atom. The zero-order valence-corrected chi connectivity index (χ0v) is 16.3. The molecule has 0 unspecified atom stereocenters. The Balaban J connectivity index is 1.78. The summed E-state index contributed by atoms with van der Waals surface area (Å²) in [5.41, 5.74) is 1.56. The Bertz CT molecular complexity index is 936. The lowest BCUT2D eigenvalue weighted by molar-refractivity contribution is -0.119. The maximum Gasteiger partial charge on any atom is 0.280 e. The number of aromatic nitrogens is 2. The van der Waals surface area contributed by atoms with E-state index in [0.717, 1.165) is 17.1 Å². The quantitative estimate of drug-likeness (QED) is 0.657. The van der Waals surface area contributed by atoms with E-state index in [1.54, 1.807) is 12.1 Å². The Kier molecular flexibility index (Phi) is 6.39. The molecule has 0 bridgehead atoms. The minimum atomic E-state index is -0.447. The van der Waals surface area contributed by atoms with Crippen LogP contribution in [0.2, 0.25) is 10.0 Å². The van der Waals surface area contributed by atoms with Crippen LogP contribution in [0.25, 0.3) is 0 Å². The van der Waals surface area contributed by atoms with Gasteiger partial charge in [0.1, 0.15) is 6.54 Å². The van der Waals surface area contributed by atoms with Crippen molar-refractivity contribution >= 4 is 52.2 Å². The van der Waals surface area contributed by atoms with Crippen LogP contribution >= 0.6 is 34.7 Å². The Morgan fingerprint density at radius 3 is 2.52 bits per heavy atom. The number of nitrogens with one attached hydrogen (secondary N) is 1. The number of anilines is 1. The van der Waals surface area contributed by atoms with E-state index in [4.69, 9.17) is 23.2 Å². The van der Waals surface area contributed by atoms with Crippen molar-refractivity contribution in [3.63, 3.8) is 0 Å². The molecule has 2 aromatic carbocycles. The average Bonchev–Trinajstić information content (AvgIpc) is 3.22. The molecule has 3 rings (SSSR count). The van der Waals surface area contributed by atoms with Gasteiger partial charge in [0.25, 0.3) is 5.91 Å². The molecule has 6 nitrogen and oxygen atoms in total. The maximum atomic E-state index is 12.8. The highest BCUT2D eigenvalue weighted by atomic mass is 35.5. The van der Waals surface area contributed by atoms with E-state index < -0.39 is 5.91 Å². The van der Waals surface area contributed by atoms with Crippen molar-refractivity contribution in [3.8, 4) is 0 Å². The molecule has 0 aliphatic heterocycles. The van der Waals surface area contributed by atoms with Gasteiger partial charge in [-0.3, -0.25) is 14.5 Å². The van der Waals surface area contributed by atoms with Crippen LogP contribution in [-0.4, -0.2) is 27.9 Å². The Morgan fingerprint density at radius 2 is 1.85 bits per heavy atom. The molecule has 0 saturated heterocycles. The molecular weight excluding hydrogens is 407 g/mol. The van der Waals surface area contributed by atoms with Crippen LogP contribution < -0.4 is 10.2 Å². The number of nitrogens with zero attached hydrogens (tertiary/aromatic N) is 3. The van der Waals surface area contributed by atoms with Crippen LogP contribution in [0.3, 0.4) is 0 Å². The van der Waals surface area contributed by atoms with Gasteiger partial charge in [0.05, 0.1) is 10.0 Å². The molecular formula is C18H14Cl2N4O2S. The predicted octanol–water partition coefficient (Wildman–Crippen LogP) is 3.81. The summed E-state index contributed by atoms with van der Waals surface area (Å²) in [5.74, 6) is -0.765. The molecule has 0 radical (unpaired) electrons. The second-order valence-corrected chi connectivity index (χ2v) is 6.97. The molecule has 1 N–H and O–H groups in total. The summed E-state index contributed by atoms with van der Waals surface area (Å²) < 4.78 is 3.70. The molecule has 0 spiro atoms. The first kappa shape index (κ1) is 19.3. The van der Waals surface area contributed by atoms with Crippen molar-refractivity contribution in [2.24, 2.45) is 0 Å². The lowest BCUT2D eigenvalue weighted by atomic mass is 10.2. The predicted molar refractivity (Wildman–Crippen MR) is 106 cm³/mol. The number of hydrogen-bond donors (Lipinski definition) is 1. The third-order valence-corrected chi connectivity index (χ3v) is 4.92. The van der Waals surface area contributed by atoms with Gasteiger partial charge in [-0.05, 0) is 35.3 Å². The summed E-state index contributed by atoms with van der Waals surface area (Å²) in [7, 11) is 0. The van der Waals surface area contributed by atoms with Crippen LogP contribution in [0, 0.1) is 0 Å². The summed E-state index contributed by atoms with van der Waals surface area (Å²) in [5, 5.41) is 8.76. The van der Waals surface area contributed by atoms with Gasteiger partial charge in [-0.1, -0.05) is 58.0 Å². The molecule has 0 aliphatic rings. The third kappa shape index (κ3) is 5.03. The molecule has 1 aromatic heterocycles. The van der Waals surface area contributed by atoms with Crippen molar-refractivity contribution in [2.75, 3.05) is 11.4 Å². The van der Waals surface area contributed by atoms with Crippen molar-refractivity contribution in [1.29, 1.82) is 0 Å². The van der Waals surface area contributed by atoms with Crippen molar-refractivity contribution in [3.05, 3.63) is 75.2 Å². The van der Waals surface area contributed by atoms with Crippen LogP contribution in [0.15, 0.2) is 53.9 Å². The van der Waals surface area contributed by atoms with Crippen molar-refractivity contribution in [1.82, 2.24) is 14.9 Å². The molecule has 0 saturated carbocycles. The fourth-order valence-corrected chi connectivity index (χ4v) is 3.05. The van der Waals surface area contributed by atoms with E-state index in [2.05, 4.69) is 14.9 Å². The van der Waals surface area contributed by atoms with Crippen LogP contribution in [0.4, 0.5) is 5.69 Å². The van der Waals surface area contributed by atoms with E-state index in [1.165, 1.54) is 16.3 Å². The van der Waals surface area contributed by atoms with E-state index in [-0.39, 0.29) is 23.2 Å². The van der Waals surface area contributed by atoms with Gasteiger partial charge in [-0.15, -0.1) is 5.10 Å². The smallest absolute Gasteiger partial charge is 0.280 e. The summed E-state index contributed by atoms with van der Waals surface area (Å²) in [6.07, 6.45) is 0. The average molecular weight is 421 g/mol. The zero-order chi connectivity index (χ0) is 19.2. The van der Waals surface area contributed by atoms with Crippen LogP contribution in [-0.2, 0) is 11.3 Å². The molecule has 1 heterocycles. The lowest BCUT2D eigenvalue weighted by Crippen LogP contribution is -2.41. The molecule has 3 aromatic rings. The van der Waals surface area contributed by atoms with Gasteiger partial charge >= 0.3 is 0 Å². The largest absolute Gasteiger partial charge is 0.350 e. The SMILES string of the molecule is O=C(CN(C(=O)c1csnn1)c1ccc(Cl)c(Cl)c1)NCc1ccccc1. The van der Waals surface area contributed by atoms with Gasteiger partial charge in [0.2, 0.25) is 5.91 Å². The Labute approximate surface area is 169 Å². The maximum absolute atomic E-state index is 12.8. The van der Waals surface area contributed by atoms with E-state index in [0.29, 0.717) is 17.3 Å². The molecule has 0 atom stereocenters. The summed E-state index contributed by atoms with van der Waals surface area (Å²) in [4.78, 5) is 26.5. The summed E-state index contributed by atoms with van der Waals surface area (Å²) in [6, 6.07) is 14.2. The van der Waals surface area contributed by atoms with E-state index in [9.17, 15) is 9.59 Å². The second-order valence-electron chi connectivity index (χ2n) is 5.54.